The van der Waals surface area contributed by atoms with Crippen LogP contribution in [0.4, 0.5) is 0 Å². The molecule has 4 nitrogen and oxygen atoms in total. The Morgan fingerprint density at radius 1 is 1.47 bits per heavy atom. The maximum absolute atomic E-state index is 6.10. The van der Waals surface area contributed by atoms with Gasteiger partial charge in [-0.15, -0.1) is 0 Å². The summed E-state index contributed by atoms with van der Waals surface area (Å²) in [6.07, 6.45) is 1.65. The number of hydrogen-bond acceptors (Lipinski definition) is 3. The lowest BCUT2D eigenvalue weighted by atomic mass is 10.3. The summed E-state index contributed by atoms with van der Waals surface area (Å²) >= 11 is 11.0. The highest BCUT2D eigenvalue weighted by atomic mass is 35.5. The van der Waals surface area contributed by atoms with Crippen molar-refractivity contribution in [1.29, 1.82) is 0 Å². The minimum atomic E-state index is 0.263. The first-order valence-corrected chi connectivity index (χ1v) is 5.77. The van der Waals surface area contributed by atoms with Gasteiger partial charge in [0.05, 0.1) is 27.8 Å². The summed E-state index contributed by atoms with van der Waals surface area (Å²) in [5, 5.41) is 5.02. The number of aromatic nitrogens is 3. The molecule has 6 heteroatoms. The maximum atomic E-state index is 6.10. The van der Waals surface area contributed by atoms with Crippen molar-refractivity contribution < 1.29 is 0 Å². The maximum Gasteiger partial charge on any atom is 0.122 e. The minimum absolute atomic E-state index is 0.263. The molecule has 0 spiro atoms. The summed E-state index contributed by atoms with van der Waals surface area (Å²) in [4.78, 5) is 4.35. The van der Waals surface area contributed by atoms with Gasteiger partial charge < -0.3 is 5.73 Å². The molecule has 0 saturated heterocycles. The van der Waals surface area contributed by atoms with Gasteiger partial charge in [0.25, 0.3) is 0 Å². The normalized spacial score (nSPS) is 10.5. The first kappa shape index (κ1) is 12.0. The molecule has 2 aromatic rings. The lowest BCUT2D eigenvalue weighted by Gasteiger charge is -2.05. The number of rotatable bonds is 2. The van der Waals surface area contributed by atoms with E-state index < -0.39 is 0 Å². The van der Waals surface area contributed by atoms with Crippen LogP contribution in [0.1, 0.15) is 17.1 Å². The van der Waals surface area contributed by atoms with Crippen molar-refractivity contribution in [1.82, 2.24) is 14.8 Å². The monoisotopic (exact) mass is 266 g/mol. The largest absolute Gasteiger partial charge is 0.388 e. The highest BCUT2D eigenvalue weighted by Crippen LogP contribution is 2.22. The Hall–Kier alpha value is -1.46. The number of halogens is 1. The SMILES string of the molecule is Cc1nn(-c2ccnc(C(N)=S)c2)c(C)c1Cl. The van der Waals surface area contributed by atoms with Crippen molar-refractivity contribution in [3.8, 4) is 5.69 Å². The van der Waals surface area contributed by atoms with E-state index in [9.17, 15) is 0 Å². The molecule has 0 fully saturated rings. The lowest BCUT2D eigenvalue weighted by Crippen LogP contribution is -2.12. The highest BCUT2D eigenvalue weighted by molar-refractivity contribution is 7.80. The topological polar surface area (TPSA) is 56.7 Å². The molecule has 2 N–H and O–H groups in total. The summed E-state index contributed by atoms with van der Waals surface area (Å²) in [6.45, 7) is 3.77. The van der Waals surface area contributed by atoms with E-state index in [2.05, 4.69) is 10.1 Å². The van der Waals surface area contributed by atoms with Crippen molar-refractivity contribution >= 4 is 28.8 Å². The van der Waals surface area contributed by atoms with E-state index >= 15 is 0 Å². The first-order valence-electron chi connectivity index (χ1n) is 4.98. The molecule has 0 unspecified atom stereocenters. The average molecular weight is 267 g/mol. The van der Waals surface area contributed by atoms with Gasteiger partial charge in [0.15, 0.2) is 0 Å². The Kier molecular flexibility index (Phi) is 3.13. The summed E-state index contributed by atoms with van der Waals surface area (Å²) in [5.41, 5.74) is 8.63. The summed E-state index contributed by atoms with van der Waals surface area (Å²) in [5.74, 6) is 0. The minimum Gasteiger partial charge on any atom is -0.388 e. The lowest BCUT2D eigenvalue weighted by molar-refractivity contribution is 0.831. The Morgan fingerprint density at radius 2 is 2.18 bits per heavy atom. The van der Waals surface area contributed by atoms with E-state index in [1.165, 1.54) is 0 Å². The molecule has 0 aliphatic rings. The summed E-state index contributed by atoms with van der Waals surface area (Å²) in [6, 6.07) is 3.62. The molecular weight excluding hydrogens is 256 g/mol. The standard InChI is InChI=1S/C11H11ClN4S/c1-6-10(12)7(2)16(15-6)8-3-4-14-9(5-8)11(13)17/h3-5H,1-2H3,(H2,13,17). The van der Waals surface area contributed by atoms with Gasteiger partial charge in [-0.1, -0.05) is 23.8 Å². The predicted octanol–water partition coefficient (Wildman–Crippen LogP) is 2.17. The van der Waals surface area contributed by atoms with Crippen LogP contribution in [-0.2, 0) is 0 Å². The van der Waals surface area contributed by atoms with Crippen molar-refractivity contribution in [3.05, 3.63) is 40.4 Å². The van der Waals surface area contributed by atoms with Crippen molar-refractivity contribution in [2.24, 2.45) is 5.73 Å². The molecule has 2 aromatic heterocycles. The van der Waals surface area contributed by atoms with E-state index in [1.54, 1.807) is 16.9 Å². The Balaban J connectivity index is 2.56. The number of hydrogen-bond donors (Lipinski definition) is 1. The molecule has 0 aromatic carbocycles. The van der Waals surface area contributed by atoms with E-state index in [1.807, 2.05) is 19.9 Å². The van der Waals surface area contributed by atoms with E-state index in [0.717, 1.165) is 17.1 Å². The third-order valence-electron chi connectivity index (χ3n) is 2.44. The molecule has 0 bridgehead atoms. The van der Waals surface area contributed by atoms with Crippen LogP contribution in [0, 0.1) is 13.8 Å². The molecule has 2 rings (SSSR count). The fourth-order valence-corrected chi connectivity index (χ4v) is 1.79. The smallest absolute Gasteiger partial charge is 0.122 e. The average Bonchev–Trinajstić information content (AvgIpc) is 2.57. The summed E-state index contributed by atoms with van der Waals surface area (Å²) in [7, 11) is 0. The number of pyridine rings is 1. The van der Waals surface area contributed by atoms with Crippen LogP contribution < -0.4 is 5.73 Å². The number of nitrogens with two attached hydrogens (primary N) is 1. The Labute approximate surface area is 109 Å². The second kappa shape index (κ2) is 4.43. The Morgan fingerprint density at radius 3 is 2.71 bits per heavy atom. The van der Waals surface area contributed by atoms with E-state index in [4.69, 9.17) is 29.6 Å². The third kappa shape index (κ3) is 2.16. The molecule has 2 heterocycles. The molecule has 0 radical (unpaired) electrons. The highest BCUT2D eigenvalue weighted by Gasteiger charge is 2.11. The third-order valence-corrected chi connectivity index (χ3v) is 3.20. The molecule has 0 amide bonds. The van der Waals surface area contributed by atoms with Gasteiger partial charge in [-0.3, -0.25) is 4.98 Å². The quantitative estimate of drug-likeness (QED) is 0.847. The van der Waals surface area contributed by atoms with Gasteiger partial charge >= 0.3 is 0 Å². The summed E-state index contributed by atoms with van der Waals surface area (Å²) < 4.78 is 1.75. The molecular formula is C11H11ClN4S. The van der Waals surface area contributed by atoms with Gasteiger partial charge in [0.2, 0.25) is 0 Å². The van der Waals surface area contributed by atoms with Crippen molar-refractivity contribution in [2.45, 2.75) is 13.8 Å². The fourth-order valence-electron chi connectivity index (χ4n) is 1.56. The van der Waals surface area contributed by atoms with Gasteiger partial charge in [0.1, 0.15) is 4.99 Å². The zero-order chi connectivity index (χ0) is 12.6. The van der Waals surface area contributed by atoms with Gasteiger partial charge in [-0.05, 0) is 26.0 Å². The first-order chi connectivity index (χ1) is 8.00. The fraction of sp³-hybridized carbons (Fsp3) is 0.182. The van der Waals surface area contributed by atoms with E-state index in [-0.39, 0.29) is 4.99 Å². The van der Waals surface area contributed by atoms with Gasteiger partial charge in [-0.25, -0.2) is 4.68 Å². The predicted molar refractivity (Wildman–Crippen MR) is 71.7 cm³/mol. The van der Waals surface area contributed by atoms with Crippen LogP contribution in [-0.4, -0.2) is 19.8 Å². The van der Waals surface area contributed by atoms with Crippen LogP contribution in [0.2, 0.25) is 5.02 Å². The molecule has 0 atom stereocenters. The molecule has 17 heavy (non-hydrogen) atoms. The number of thiocarbonyl (C=S) groups is 1. The van der Waals surface area contributed by atoms with Crippen molar-refractivity contribution in [2.75, 3.05) is 0 Å². The molecule has 0 aliphatic heterocycles. The van der Waals surface area contributed by atoms with Gasteiger partial charge in [0, 0.05) is 6.20 Å². The van der Waals surface area contributed by atoms with Crippen LogP contribution in [0.3, 0.4) is 0 Å². The number of nitrogens with zero attached hydrogens (tertiary/aromatic N) is 3. The molecule has 88 valence electrons. The number of aryl methyl sites for hydroxylation is 1. The Bertz CT molecular complexity index is 591. The van der Waals surface area contributed by atoms with Crippen molar-refractivity contribution in [3.63, 3.8) is 0 Å². The second-order valence-corrected chi connectivity index (χ2v) is 4.48. The molecule has 0 saturated carbocycles. The van der Waals surface area contributed by atoms with Crippen LogP contribution in [0.15, 0.2) is 18.3 Å². The van der Waals surface area contributed by atoms with Crippen LogP contribution in [0.25, 0.3) is 5.69 Å². The molecule has 0 aliphatic carbocycles. The zero-order valence-electron chi connectivity index (χ0n) is 9.44. The zero-order valence-corrected chi connectivity index (χ0v) is 11.0. The van der Waals surface area contributed by atoms with E-state index in [0.29, 0.717) is 10.7 Å². The van der Waals surface area contributed by atoms with Crippen LogP contribution >= 0.6 is 23.8 Å². The second-order valence-electron chi connectivity index (χ2n) is 3.66. The van der Waals surface area contributed by atoms with Gasteiger partial charge in [-0.2, -0.15) is 5.10 Å². The van der Waals surface area contributed by atoms with Crippen LogP contribution in [0.5, 0.6) is 0 Å².